The maximum atomic E-state index is 5.99. The first-order chi connectivity index (χ1) is 17.2. The largest absolute Gasteiger partial charge is 0.495 e. The van der Waals surface area contributed by atoms with Crippen LogP contribution in [-0.4, -0.2) is 33.1 Å². The zero-order valence-corrected chi connectivity index (χ0v) is 20.1. The molecule has 5 rings (SSSR count). The van der Waals surface area contributed by atoms with E-state index >= 15 is 0 Å². The van der Waals surface area contributed by atoms with Crippen molar-refractivity contribution < 1.29 is 14.2 Å². The lowest BCUT2D eigenvalue weighted by atomic mass is 9.99. The van der Waals surface area contributed by atoms with Crippen molar-refractivity contribution in [1.82, 2.24) is 5.32 Å². The van der Waals surface area contributed by atoms with Crippen LogP contribution in [0.4, 0.5) is 5.69 Å². The lowest BCUT2D eigenvalue weighted by Gasteiger charge is -2.21. The third-order valence-electron chi connectivity index (χ3n) is 6.20. The number of nitrogens with zero attached hydrogens (tertiary/aromatic N) is 1. The van der Waals surface area contributed by atoms with Crippen molar-refractivity contribution in [3.05, 3.63) is 77.4 Å². The zero-order chi connectivity index (χ0) is 24.0. The third kappa shape index (κ3) is 5.26. The predicted molar refractivity (Wildman–Crippen MR) is 139 cm³/mol. The smallest absolute Gasteiger partial charge is 0.169 e. The van der Waals surface area contributed by atoms with E-state index in [1.807, 2.05) is 54.6 Å². The molecular formula is C29H29N3O3. The van der Waals surface area contributed by atoms with Crippen molar-refractivity contribution in [2.24, 2.45) is 10.9 Å². The van der Waals surface area contributed by atoms with Gasteiger partial charge in [0.15, 0.2) is 11.5 Å². The molecule has 1 fully saturated rings. The fraction of sp³-hybridized carbons (Fsp3) is 0.276. The van der Waals surface area contributed by atoms with Crippen molar-refractivity contribution in [2.45, 2.75) is 19.4 Å². The highest BCUT2D eigenvalue weighted by Gasteiger charge is 2.18. The minimum Gasteiger partial charge on any atom is -0.495 e. The van der Waals surface area contributed by atoms with Crippen LogP contribution in [0.2, 0.25) is 0 Å². The van der Waals surface area contributed by atoms with E-state index in [1.54, 1.807) is 14.2 Å². The van der Waals surface area contributed by atoms with E-state index in [4.69, 9.17) is 19.2 Å². The molecule has 2 aliphatic heterocycles. The van der Waals surface area contributed by atoms with Gasteiger partial charge in [-0.25, -0.2) is 0 Å². The van der Waals surface area contributed by atoms with Crippen LogP contribution in [0, 0.1) is 17.8 Å². The molecule has 0 bridgehead atoms. The van der Waals surface area contributed by atoms with E-state index in [0.717, 1.165) is 59.2 Å². The number of aliphatic imine (C=N–C) groups is 1. The van der Waals surface area contributed by atoms with Crippen LogP contribution in [0.3, 0.4) is 0 Å². The van der Waals surface area contributed by atoms with Crippen LogP contribution >= 0.6 is 0 Å². The average Bonchev–Trinajstić information content (AvgIpc) is 2.92. The first-order valence-corrected chi connectivity index (χ1v) is 11.9. The van der Waals surface area contributed by atoms with Gasteiger partial charge in [-0.2, -0.15) is 0 Å². The van der Waals surface area contributed by atoms with E-state index in [0.29, 0.717) is 24.0 Å². The number of hydrogen-bond acceptors (Lipinski definition) is 6. The molecule has 2 N–H and O–H groups in total. The molecule has 1 atom stereocenters. The molecule has 3 aromatic carbocycles. The Kier molecular flexibility index (Phi) is 6.87. The van der Waals surface area contributed by atoms with Crippen LogP contribution in [0.25, 0.3) is 0 Å². The van der Waals surface area contributed by atoms with E-state index in [2.05, 4.69) is 28.5 Å². The molecular weight excluding hydrogens is 438 g/mol. The van der Waals surface area contributed by atoms with Gasteiger partial charge in [0, 0.05) is 29.8 Å². The van der Waals surface area contributed by atoms with Crippen molar-refractivity contribution in [3.8, 4) is 34.8 Å². The topological polar surface area (TPSA) is 64.1 Å². The monoisotopic (exact) mass is 467 g/mol. The van der Waals surface area contributed by atoms with Crippen molar-refractivity contribution in [1.29, 1.82) is 0 Å². The van der Waals surface area contributed by atoms with Gasteiger partial charge in [-0.3, -0.25) is 4.99 Å². The van der Waals surface area contributed by atoms with Gasteiger partial charge in [0.25, 0.3) is 0 Å². The summed E-state index contributed by atoms with van der Waals surface area (Å²) in [6.07, 6.45) is 2.31. The Morgan fingerprint density at radius 2 is 1.80 bits per heavy atom. The molecule has 0 amide bonds. The third-order valence-corrected chi connectivity index (χ3v) is 6.20. The first kappa shape index (κ1) is 22.8. The SMILES string of the molecule is COc1cc2c(cc1C#CC1CCCNC1)CN=C(c1ccc(Oc3ccccc3)c(OC)c1)N2. The molecule has 178 valence electrons. The van der Waals surface area contributed by atoms with E-state index < -0.39 is 0 Å². The number of amidine groups is 1. The van der Waals surface area contributed by atoms with Crippen molar-refractivity contribution >= 4 is 11.5 Å². The van der Waals surface area contributed by atoms with E-state index in [9.17, 15) is 0 Å². The molecule has 2 aliphatic rings. The highest BCUT2D eigenvalue weighted by molar-refractivity contribution is 6.10. The molecule has 35 heavy (non-hydrogen) atoms. The highest BCUT2D eigenvalue weighted by Crippen LogP contribution is 2.34. The second kappa shape index (κ2) is 10.5. The van der Waals surface area contributed by atoms with Crippen LogP contribution < -0.4 is 24.8 Å². The molecule has 0 aliphatic carbocycles. The molecule has 6 heteroatoms. The summed E-state index contributed by atoms with van der Waals surface area (Å²) in [6, 6.07) is 19.6. The molecule has 0 saturated carbocycles. The summed E-state index contributed by atoms with van der Waals surface area (Å²) < 4.78 is 17.3. The van der Waals surface area contributed by atoms with E-state index in [1.165, 1.54) is 6.42 Å². The maximum Gasteiger partial charge on any atom is 0.169 e. The maximum absolute atomic E-state index is 5.99. The Morgan fingerprint density at radius 3 is 2.57 bits per heavy atom. The summed E-state index contributed by atoms with van der Waals surface area (Å²) in [4.78, 5) is 4.79. The summed E-state index contributed by atoms with van der Waals surface area (Å²) in [5.41, 5.74) is 3.89. The Balaban J connectivity index is 1.36. The van der Waals surface area contributed by atoms with Crippen LogP contribution in [0.1, 0.15) is 29.5 Å². The summed E-state index contributed by atoms with van der Waals surface area (Å²) in [5, 5.41) is 6.87. The van der Waals surface area contributed by atoms with Crippen molar-refractivity contribution in [2.75, 3.05) is 32.6 Å². The molecule has 3 aromatic rings. The predicted octanol–water partition coefficient (Wildman–Crippen LogP) is 5.22. The minimum atomic E-state index is 0.385. The van der Waals surface area contributed by atoms with Gasteiger partial charge in [-0.05, 0) is 61.3 Å². The highest BCUT2D eigenvalue weighted by atomic mass is 16.5. The van der Waals surface area contributed by atoms with Gasteiger partial charge in [0.1, 0.15) is 17.3 Å². The molecule has 0 aromatic heterocycles. The average molecular weight is 468 g/mol. The van der Waals surface area contributed by atoms with Gasteiger partial charge in [-0.15, -0.1) is 0 Å². The van der Waals surface area contributed by atoms with Crippen molar-refractivity contribution in [3.63, 3.8) is 0 Å². The number of benzene rings is 3. The number of rotatable bonds is 5. The standard InChI is InChI=1S/C29H29N3O3/c1-33-27-17-25-23(15-21(27)11-10-20-7-6-14-30-18-20)19-31-29(32-25)22-12-13-26(28(16-22)34-2)35-24-8-4-3-5-9-24/h3-5,8-9,12-13,15-17,20,30H,6-7,14,18-19H2,1-2H3,(H,31,32). The fourth-order valence-electron chi connectivity index (χ4n) is 4.30. The number of fused-ring (bicyclic) bond motifs is 1. The second-order valence-corrected chi connectivity index (χ2v) is 8.59. The summed E-state index contributed by atoms with van der Waals surface area (Å²) in [6.45, 7) is 2.60. The molecule has 6 nitrogen and oxygen atoms in total. The summed E-state index contributed by atoms with van der Waals surface area (Å²) in [5.74, 6) is 10.7. The van der Waals surface area contributed by atoms with Gasteiger partial charge in [0.2, 0.25) is 0 Å². The van der Waals surface area contributed by atoms with Crippen LogP contribution in [-0.2, 0) is 6.54 Å². The van der Waals surface area contributed by atoms with E-state index in [-0.39, 0.29) is 0 Å². The normalized spacial score (nSPS) is 16.6. The number of piperidine rings is 1. The summed E-state index contributed by atoms with van der Waals surface area (Å²) in [7, 11) is 3.32. The first-order valence-electron chi connectivity index (χ1n) is 11.9. The lowest BCUT2D eigenvalue weighted by molar-refractivity contribution is 0.379. The molecule has 1 unspecified atom stereocenters. The minimum absolute atomic E-state index is 0.385. The zero-order valence-electron chi connectivity index (χ0n) is 20.1. The Morgan fingerprint density at radius 1 is 0.943 bits per heavy atom. The molecule has 2 heterocycles. The molecule has 0 spiro atoms. The number of nitrogens with one attached hydrogen (secondary N) is 2. The Bertz CT molecular complexity index is 1290. The molecule has 1 saturated heterocycles. The summed E-state index contributed by atoms with van der Waals surface area (Å²) >= 11 is 0. The number of hydrogen-bond donors (Lipinski definition) is 2. The van der Waals surface area contributed by atoms with Gasteiger partial charge in [-0.1, -0.05) is 30.0 Å². The fourth-order valence-corrected chi connectivity index (χ4v) is 4.30. The lowest BCUT2D eigenvalue weighted by Crippen LogP contribution is -2.28. The number of anilines is 1. The van der Waals surface area contributed by atoms with Gasteiger partial charge in [0.05, 0.1) is 26.3 Å². The molecule has 0 radical (unpaired) electrons. The van der Waals surface area contributed by atoms with Crippen LogP contribution in [0.15, 0.2) is 65.7 Å². The number of para-hydroxylation sites is 1. The quantitative estimate of drug-likeness (QED) is 0.504. The number of ether oxygens (including phenoxy) is 3. The van der Waals surface area contributed by atoms with Gasteiger partial charge < -0.3 is 24.8 Å². The Labute approximate surface area is 206 Å². The second-order valence-electron chi connectivity index (χ2n) is 8.59. The Hall–Kier alpha value is -3.95. The van der Waals surface area contributed by atoms with Crippen LogP contribution in [0.5, 0.6) is 23.0 Å². The van der Waals surface area contributed by atoms with Gasteiger partial charge >= 0.3 is 0 Å². The number of methoxy groups -OCH3 is 2.